The van der Waals surface area contributed by atoms with Gasteiger partial charge in [0, 0.05) is 18.3 Å². The summed E-state index contributed by atoms with van der Waals surface area (Å²) >= 11 is 1.56. The first-order valence-electron chi connectivity index (χ1n) is 6.38. The molecule has 0 atom stereocenters. The number of hydrogen-bond donors (Lipinski definition) is 1. The Morgan fingerprint density at radius 1 is 1.27 bits per heavy atom. The van der Waals surface area contributed by atoms with E-state index >= 15 is 0 Å². The first-order chi connectivity index (χ1) is 10.4. The van der Waals surface area contributed by atoms with Gasteiger partial charge in [0.1, 0.15) is 5.82 Å². The van der Waals surface area contributed by atoms with Crippen LogP contribution in [0.1, 0.15) is 16.5 Å². The van der Waals surface area contributed by atoms with E-state index in [-0.39, 0.29) is 5.65 Å². The van der Waals surface area contributed by atoms with Crippen LogP contribution in [0.25, 0.3) is 5.65 Å². The number of nitrogens with zero attached hydrogens (tertiary/aromatic N) is 5. The van der Waals surface area contributed by atoms with Crippen molar-refractivity contribution in [3.63, 3.8) is 0 Å². The number of aryl methyl sites for hydroxylation is 1. The lowest BCUT2D eigenvalue weighted by Crippen LogP contribution is -2.14. The van der Waals surface area contributed by atoms with Crippen LogP contribution in [0, 0.1) is 6.92 Å². The van der Waals surface area contributed by atoms with Crippen molar-refractivity contribution < 1.29 is 13.2 Å². The zero-order valence-corrected chi connectivity index (χ0v) is 12.2. The van der Waals surface area contributed by atoms with Gasteiger partial charge in [0.15, 0.2) is 5.65 Å². The molecule has 1 N–H and O–H groups in total. The van der Waals surface area contributed by atoms with Crippen molar-refractivity contribution in [2.75, 3.05) is 11.9 Å². The van der Waals surface area contributed by atoms with E-state index in [2.05, 4.69) is 25.6 Å². The van der Waals surface area contributed by atoms with Crippen molar-refractivity contribution in [3.05, 3.63) is 34.0 Å². The highest BCUT2D eigenvalue weighted by atomic mass is 32.1. The second kappa shape index (κ2) is 5.52. The lowest BCUT2D eigenvalue weighted by atomic mass is 10.3. The van der Waals surface area contributed by atoms with Gasteiger partial charge in [-0.1, -0.05) is 0 Å². The predicted molar refractivity (Wildman–Crippen MR) is 74.8 cm³/mol. The molecule has 0 saturated heterocycles. The van der Waals surface area contributed by atoms with Crippen molar-refractivity contribution in [1.82, 2.24) is 24.8 Å². The average molecular weight is 328 g/mol. The zero-order chi connectivity index (χ0) is 15.7. The van der Waals surface area contributed by atoms with Crippen molar-refractivity contribution >= 4 is 22.8 Å². The molecule has 3 rings (SSSR count). The van der Waals surface area contributed by atoms with E-state index in [0.717, 1.165) is 10.7 Å². The molecular formula is C12H11F3N6S. The fourth-order valence-corrected chi connectivity index (χ4v) is 2.55. The summed E-state index contributed by atoms with van der Waals surface area (Å²) in [6, 6.07) is 3.00. The molecule has 0 amide bonds. The van der Waals surface area contributed by atoms with Gasteiger partial charge in [0.25, 0.3) is 5.82 Å². The highest BCUT2D eigenvalue weighted by molar-refractivity contribution is 7.09. The fourth-order valence-electron chi connectivity index (χ4n) is 1.90. The van der Waals surface area contributed by atoms with Gasteiger partial charge in [-0.15, -0.1) is 26.6 Å². The zero-order valence-electron chi connectivity index (χ0n) is 11.4. The summed E-state index contributed by atoms with van der Waals surface area (Å²) in [7, 11) is 0. The van der Waals surface area contributed by atoms with E-state index in [4.69, 9.17) is 0 Å². The van der Waals surface area contributed by atoms with E-state index in [1.807, 2.05) is 12.3 Å². The van der Waals surface area contributed by atoms with Crippen molar-refractivity contribution in [2.24, 2.45) is 0 Å². The summed E-state index contributed by atoms with van der Waals surface area (Å²) in [6.07, 6.45) is -3.93. The Morgan fingerprint density at radius 3 is 2.77 bits per heavy atom. The molecule has 3 aromatic rings. The maximum Gasteiger partial charge on any atom is 0.453 e. The van der Waals surface area contributed by atoms with Gasteiger partial charge in [-0.2, -0.15) is 17.7 Å². The molecule has 0 bridgehead atoms. The van der Waals surface area contributed by atoms with Gasteiger partial charge in [-0.25, -0.2) is 4.98 Å². The van der Waals surface area contributed by atoms with E-state index in [0.29, 0.717) is 23.3 Å². The lowest BCUT2D eigenvalue weighted by molar-refractivity contribution is -0.146. The normalized spacial score (nSPS) is 12.0. The molecule has 0 aliphatic carbocycles. The number of fused-ring (bicyclic) bond motifs is 1. The fraction of sp³-hybridized carbons (Fsp3) is 0.333. The first kappa shape index (κ1) is 14.7. The molecule has 0 spiro atoms. The van der Waals surface area contributed by atoms with Gasteiger partial charge < -0.3 is 5.32 Å². The van der Waals surface area contributed by atoms with Crippen LogP contribution < -0.4 is 5.32 Å². The number of rotatable bonds is 4. The minimum atomic E-state index is -4.59. The van der Waals surface area contributed by atoms with Crippen LogP contribution in [0.2, 0.25) is 0 Å². The molecule has 0 unspecified atom stereocenters. The second-order valence-electron chi connectivity index (χ2n) is 4.54. The van der Waals surface area contributed by atoms with Crippen LogP contribution in [0.15, 0.2) is 17.5 Å². The number of hydrogen-bond acceptors (Lipinski definition) is 6. The standard InChI is InChI=1S/C12H11F3N6S/c1-7-17-8(6-22-7)4-5-16-9-2-3-10-18-19-11(12(13,14)15)21(10)20-9/h2-3,6H,4-5H2,1H3,(H,16,20). The second-order valence-corrected chi connectivity index (χ2v) is 5.61. The Balaban J connectivity index is 1.74. The Hall–Kier alpha value is -2.23. The topological polar surface area (TPSA) is 68.0 Å². The molecule has 0 aliphatic heterocycles. The number of aromatic nitrogens is 5. The summed E-state index contributed by atoms with van der Waals surface area (Å²) in [4.78, 5) is 4.31. The monoisotopic (exact) mass is 328 g/mol. The number of halogens is 3. The summed E-state index contributed by atoms with van der Waals surface area (Å²) in [6.45, 7) is 2.44. The third kappa shape index (κ3) is 3.01. The predicted octanol–water partition coefficient (Wildman–Crippen LogP) is 2.56. The number of alkyl halides is 3. The molecule has 3 heterocycles. The number of anilines is 1. The van der Waals surface area contributed by atoms with Crippen LogP contribution in [-0.2, 0) is 12.6 Å². The van der Waals surface area contributed by atoms with Gasteiger partial charge in [-0.3, -0.25) is 0 Å². The molecule has 116 valence electrons. The van der Waals surface area contributed by atoms with Crippen LogP contribution in [0.4, 0.5) is 19.0 Å². The summed E-state index contributed by atoms with van der Waals surface area (Å²) < 4.78 is 39.0. The highest BCUT2D eigenvalue weighted by Crippen LogP contribution is 2.27. The third-order valence-electron chi connectivity index (χ3n) is 2.87. The molecule has 0 aliphatic rings. The van der Waals surface area contributed by atoms with E-state index < -0.39 is 12.0 Å². The van der Waals surface area contributed by atoms with Gasteiger partial charge in [-0.05, 0) is 19.1 Å². The Morgan fingerprint density at radius 2 is 2.09 bits per heavy atom. The van der Waals surface area contributed by atoms with Crippen LogP contribution in [-0.4, -0.2) is 31.3 Å². The number of thiazole rings is 1. The largest absolute Gasteiger partial charge is 0.453 e. The lowest BCUT2D eigenvalue weighted by Gasteiger charge is -2.06. The van der Waals surface area contributed by atoms with Gasteiger partial charge in [0.2, 0.25) is 0 Å². The van der Waals surface area contributed by atoms with E-state index in [9.17, 15) is 13.2 Å². The highest BCUT2D eigenvalue weighted by Gasteiger charge is 2.37. The SMILES string of the molecule is Cc1nc(CCNc2ccc3nnc(C(F)(F)F)n3n2)cs1. The Bertz CT molecular complexity index is 794. The van der Waals surface area contributed by atoms with E-state index in [1.54, 1.807) is 17.4 Å². The minimum absolute atomic E-state index is 0.0491. The molecule has 0 saturated carbocycles. The van der Waals surface area contributed by atoms with Gasteiger partial charge in [0.05, 0.1) is 10.7 Å². The van der Waals surface area contributed by atoms with Crippen molar-refractivity contribution in [3.8, 4) is 0 Å². The maximum atomic E-state index is 12.8. The van der Waals surface area contributed by atoms with Crippen LogP contribution in [0.3, 0.4) is 0 Å². The smallest absolute Gasteiger partial charge is 0.368 e. The molecule has 3 aromatic heterocycles. The van der Waals surface area contributed by atoms with Crippen molar-refractivity contribution in [2.45, 2.75) is 19.5 Å². The molecule has 6 nitrogen and oxygen atoms in total. The third-order valence-corrected chi connectivity index (χ3v) is 3.69. The molecule has 0 radical (unpaired) electrons. The van der Waals surface area contributed by atoms with Crippen LogP contribution >= 0.6 is 11.3 Å². The first-order valence-corrected chi connectivity index (χ1v) is 7.26. The minimum Gasteiger partial charge on any atom is -0.368 e. The molecule has 10 heteroatoms. The van der Waals surface area contributed by atoms with Crippen LogP contribution in [0.5, 0.6) is 0 Å². The average Bonchev–Trinajstić information content (AvgIpc) is 3.04. The molecule has 0 fully saturated rings. The van der Waals surface area contributed by atoms with Gasteiger partial charge >= 0.3 is 6.18 Å². The van der Waals surface area contributed by atoms with Crippen molar-refractivity contribution in [1.29, 1.82) is 0 Å². The summed E-state index contributed by atoms with van der Waals surface area (Å²) in [5.41, 5.74) is 0.990. The molecule has 22 heavy (non-hydrogen) atoms. The number of nitrogens with one attached hydrogen (secondary N) is 1. The van der Waals surface area contributed by atoms with E-state index in [1.165, 1.54) is 6.07 Å². The Labute approximate surface area is 127 Å². The molecule has 0 aromatic carbocycles. The Kier molecular flexibility index (Phi) is 3.69. The summed E-state index contributed by atoms with van der Waals surface area (Å²) in [5, 5.41) is 16.4. The molecular weight excluding hydrogens is 317 g/mol. The summed E-state index contributed by atoms with van der Waals surface area (Å²) in [5.74, 6) is -0.814. The maximum absolute atomic E-state index is 12.8. The quantitative estimate of drug-likeness (QED) is 0.797.